The van der Waals surface area contributed by atoms with E-state index in [4.69, 9.17) is 13.6 Å². The standard InChI is InChI=1S/C9H19O4P/c1-5-9(3,4)8-7-12-14(10,13-8)11-6-2/h8H,5-7H2,1-4H3. The number of phosphoric ester groups is 1. The van der Waals surface area contributed by atoms with Crippen LogP contribution < -0.4 is 0 Å². The zero-order chi connectivity index (χ0) is 10.8. The summed E-state index contributed by atoms with van der Waals surface area (Å²) in [5, 5.41) is 0. The molecule has 1 saturated heterocycles. The van der Waals surface area contributed by atoms with Crippen molar-refractivity contribution in [1.82, 2.24) is 0 Å². The summed E-state index contributed by atoms with van der Waals surface area (Å²) >= 11 is 0. The SMILES string of the molecule is CCOP1(=O)OCC(C(C)(C)CC)O1. The quantitative estimate of drug-likeness (QED) is 0.686. The molecule has 1 aliphatic heterocycles. The van der Waals surface area contributed by atoms with Gasteiger partial charge < -0.3 is 0 Å². The maximum absolute atomic E-state index is 11.7. The molecule has 2 unspecified atom stereocenters. The largest absolute Gasteiger partial charge is 0.475 e. The van der Waals surface area contributed by atoms with Crippen LogP contribution >= 0.6 is 7.82 Å². The van der Waals surface area contributed by atoms with Crippen molar-refractivity contribution in [3.05, 3.63) is 0 Å². The van der Waals surface area contributed by atoms with E-state index in [0.29, 0.717) is 13.2 Å². The monoisotopic (exact) mass is 222 g/mol. The third-order valence-electron chi connectivity index (χ3n) is 2.71. The first kappa shape index (κ1) is 12.2. The lowest BCUT2D eigenvalue weighted by atomic mass is 9.84. The molecule has 0 amide bonds. The maximum Gasteiger partial charge on any atom is 0.475 e. The summed E-state index contributed by atoms with van der Waals surface area (Å²) in [6.45, 7) is 8.69. The molecule has 1 aliphatic rings. The van der Waals surface area contributed by atoms with E-state index in [1.165, 1.54) is 0 Å². The zero-order valence-corrected chi connectivity index (χ0v) is 10.2. The van der Waals surface area contributed by atoms with Gasteiger partial charge in [-0.1, -0.05) is 20.8 Å². The zero-order valence-electron chi connectivity index (χ0n) is 9.28. The number of rotatable bonds is 4. The molecule has 84 valence electrons. The van der Waals surface area contributed by atoms with E-state index in [1.807, 2.05) is 0 Å². The van der Waals surface area contributed by atoms with Crippen LogP contribution in [-0.4, -0.2) is 19.3 Å². The molecule has 0 aromatic rings. The lowest BCUT2D eigenvalue weighted by molar-refractivity contribution is 0.0793. The van der Waals surface area contributed by atoms with Gasteiger partial charge in [-0.05, 0) is 18.8 Å². The maximum atomic E-state index is 11.7. The Hall–Kier alpha value is 0.110. The summed E-state index contributed by atoms with van der Waals surface area (Å²) in [7, 11) is -3.24. The highest BCUT2D eigenvalue weighted by molar-refractivity contribution is 7.48. The van der Waals surface area contributed by atoms with Crippen molar-refractivity contribution < 1.29 is 18.1 Å². The molecule has 0 saturated carbocycles. The normalized spacial score (nSPS) is 33.6. The summed E-state index contributed by atoms with van der Waals surface area (Å²) in [6, 6.07) is 0. The number of hydrogen-bond donors (Lipinski definition) is 0. The Kier molecular flexibility index (Phi) is 3.75. The van der Waals surface area contributed by atoms with Crippen LogP contribution in [0.4, 0.5) is 0 Å². The highest BCUT2D eigenvalue weighted by Crippen LogP contribution is 2.57. The predicted octanol–water partition coefficient (Wildman–Crippen LogP) is 2.98. The summed E-state index contributed by atoms with van der Waals surface area (Å²) in [5.74, 6) is 0. The minimum Gasteiger partial charge on any atom is -0.287 e. The van der Waals surface area contributed by atoms with Crippen LogP contribution in [0.15, 0.2) is 0 Å². The molecule has 1 heterocycles. The van der Waals surface area contributed by atoms with E-state index < -0.39 is 7.82 Å². The molecule has 0 aromatic heterocycles. The van der Waals surface area contributed by atoms with Gasteiger partial charge in [0.05, 0.1) is 19.3 Å². The predicted molar refractivity (Wildman–Crippen MR) is 54.1 cm³/mol. The van der Waals surface area contributed by atoms with E-state index in [2.05, 4.69) is 20.8 Å². The van der Waals surface area contributed by atoms with Gasteiger partial charge in [-0.25, -0.2) is 4.57 Å². The molecule has 0 aromatic carbocycles. The van der Waals surface area contributed by atoms with Gasteiger partial charge in [0.1, 0.15) is 0 Å². The summed E-state index contributed by atoms with van der Waals surface area (Å²) in [6.07, 6.45) is 0.817. The van der Waals surface area contributed by atoms with Crippen molar-refractivity contribution in [2.75, 3.05) is 13.2 Å². The average molecular weight is 222 g/mol. The van der Waals surface area contributed by atoms with Crippen LogP contribution in [0, 0.1) is 5.41 Å². The fourth-order valence-electron chi connectivity index (χ4n) is 1.20. The van der Waals surface area contributed by atoms with E-state index in [9.17, 15) is 4.57 Å². The Bertz CT molecular complexity index is 239. The van der Waals surface area contributed by atoms with Crippen molar-refractivity contribution in [3.63, 3.8) is 0 Å². The Balaban J connectivity index is 2.61. The smallest absolute Gasteiger partial charge is 0.287 e. The van der Waals surface area contributed by atoms with E-state index >= 15 is 0 Å². The summed E-state index contributed by atoms with van der Waals surface area (Å²) < 4.78 is 27.1. The van der Waals surface area contributed by atoms with Crippen molar-refractivity contribution in [2.24, 2.45) is 5.41 Å². The minimum atomic E-state index is -3.24. The Morgan fingerprint density at radius 1 is 1.50 bits per heavy atom. The molecule has 0 aliphatic carbocycles. The highest BCUT2D eigenvalue weighted by atomic mass is 31.2. The van der Waals surface area contributed by atoms with Crippen molar-refractivity contribution in [1.29, 1.82) is 0 Å². The first-order valence-corrected chi connectivity index (χ1v) is 6.47. The van der Waals surface area contributed by atoms with E-state index in [-0.39, 0.29) is 11.5 Å². The van der Waals surface area contributed by atoms with Gasteiger partial charge in [-0.3, -0.25) is 13.6 Å². The Morgan fingerprint density at radius 2 is 2.14 bits per heavy atom. The van der Waals surface area contributed by atoms with Gasteiger partial charge in [0.15, 0.2) is 0 Å². The van der Waals surface area contributed by atoms with E-state index in [1.54, 1.807) is 6.92 Å². The average Bonchev–Trinajstić information content (AvgIpc) is 2.49. The van der Waals surface area contributed by atoms with Crippen LogP contribution in [0.1, 0.15) is 34.1 Å². The van der Waals surface area contributed by atoms with Crippen LogP contribution in [0.3, 0.4) is 0 Å². The minimum absolute atomic E-state index is 0.0245. The molecule has 1 rings (SSSR count). The van der Waals surface area contributed by atoms with Crippen molar-refractivity contribution >= 4 is 7.82 Å². The van der Waals surface area contributed by atoms with Gasteiger partial charge in [-0.15, -0.1) is 0 Å². The lowest BCUT2D eigenvalue weighted by Gasteiger charge is -2.27. The first-order chi connectivity index (χ1) is 6.43. The van der Waals surface area contributed by atoms with Gasteiger partial charge in [-0.2, -0.15) is 0 Å². The Morgan fingerprint density at radius 3 is 2.64 bits per heavy atom. The molecule has 4 nitrogen and oxygen atoms in total. The molecule has 0 N–H and O–H groups in total. The highest BCUT2D eigenvalue weighted by Gasteiger charge is 2.44. The summed E-state index contributed by atoms with van der Waals surface area (Å²) in [5.41, 5.74) is -0.0245. The molecule has 2 atom stereocenters. The van der Waals surface area contributed by atoms with Crippen LogP contribution in [0.25, 0.3) is 0 Å². The molecule has 0 bridgehead atoms. The summed E-state index contributed by atoms with van der Waals surface area (Å²) in [4.78, 5) is 0. The van der Waals surface area contributed by atoms with E-state index in [0.717, 1.165) is 6.42 Å². The Labute approximate surface area is 85.5 Å². The van der Waals surface area contributed by atoms with Gasteiger partial charge in [0.25, 0.3) is 0 Å². The van der Waals surface area contributed by atoms with Crippen LogP contribution in [0.2, 0.25) is 0 Å². The van der Waals surface area contributed by atoms with Crippen molar-refractivity contribution in [2.45, 2.75) is 40.2 Å². The van der Waals surface area contributed by atoms with Crippen LogP contribution in [-0.2, 0) is 18.1 Å². The molecular formula is C9H19O4P. The molecule has 0 radical (unpaired) electrons. The fraction of sp³-hybridized carbons (Fsp3) is 1.00. The first-order valence-electron chi connectivity index (χ1n) is 5.01. The molecule has 0 spiro atoms. The third-order valence-corrected chi connectivity index (χ3v) is 4.26. The second-order valence-corrected chi connectivity index (χ2v) is 5.72. The second kappa shape index (κ2) is 4.31. The van der Waals surface area contributed by atoms with Gasteiger partial charge >= 0.3 is 7.82 Å². The fourth-order valence-corrected chi connectivity index (χ4v) is 2.69. The molecule has 1 fully saturated rings. The molecule has 5 heteroatoms. The molecular weight excluding hydrogens is 203 g/mol. The van der Waals surface area contributed by atoms with Crippen molar-refractivity contribution in [3.8, 4) is 0 Å². The third kappa shape index (κ3) is 2.57. The lowest BCUT2D eigenvalue weighted by Crippen LogP contribution is -2.30. The van der Waals surface area contributed by atoms with Gasteiger partial charge in [0, 0.05) is 0 Å². The molecule has 14 heavy (non-hydrogen) atoms. The van der Waals surface area contributed by atoms with Gasteiger partial charge in [0.2, 0.25) is 0 Å². The number of phosphoric acid groups is 1. The topological polar surface area (TPSA) is 44.8 Å². The second-order valence-electron chi connectivity index (χ2n) is 4.10. The van der Waals surface area contributed by atoms with Crippen LogP contribution in [0.5, 0.6) is 0 Å². The number of hydrogen-bond acceptors (Lipinski definition) is 4.